The first kappa shape index (κ1) is 16.2. The van der Waals surface area contributed by atoms with Gasteiger partial charge in [0.05, 0.1) is 12.5 Å². The lowest BCUT2D eigenvalue weighted by molar-refractivity contribution is -0.141. The van der Waals surface area contributed by atoms with Gasteiger partial charge in [0.2, 0.25) is 5.91 Å². The van der Waals surface area contributed by atoms with E-state index in [0.29, 0.717) is 6.42 Å². The van der Waals surface area contributed by atoms with Crippen LogP contribution in [0.2, 0.25) is 0 Å². The highest BCUT2D eigenvalue weighted by molar-refractivity contribution is 5.87. The number of nitrogens with one attached hydrogen (secondary N) is 2. The van der Waals surface area contributed by atoms with Crippen molar-refractivity contribution < 1.29 is 24.2 Å². The van der Waals surface area contributed by atoms with Gasteiger partial charge in [-0.1, -0.05) is 13.8 Å². The van der Waals surface area contributed by atoms with Crippen molar-refractivity contribution in [3.05, 3.63) is 0 Å². The molecular weight excluding hydrogens is 266 g/mol. The molecule has 0 radical (unpaired) electrons. The fourth-order valence-electron chi connectivity index (χ4n) is 2.29. The van der Waals surface area contributed by atoms with Crippen molar-refractivity contribution in [1.29, 1.82) is 0 Å². The van der Waals surface area contributed by atoms with Gasteiger partial charge in [-0.2, -0.15) is 0 Å². The normalized spacial score (nSPS) is 25.1. The van der Waals surface area contributed by atoms with Crippen LogP contribution in [0.5, 0.6) is 0 Å². The van der Waals surface area contributed by atoms with Gasteiger partial charge < -0.3 is 26.2 Å². The molecule has 3 atom stereocenters. The molecule has 8 heteroatoms. The zero-order chi connectivity index (χ0) is 15.5. The molecule has 5 N–H and O–H groups in total. The summed E-state index contributed by atoms with van der Waals surface area (Å²) in [5.74, 6) is -2.09. The van der Waals surface area contributed by atoms with Gasteiger partial charge >= 0.3 is 12.0 Å². The minimum absolute atomic E-state index is 0.0497. The van der Waals surface area contributed by atoms with E-state index in [1.807, 2.05) is 13.8 Å². The fraction of sp³-hybridized carbons (Fsp3) is 0.750. The van der Waals surface area contributed by atoms with Gasteiger partial charge in [-0.3, -0.25) is 4.79 Å². The molecule has 0 aromatic carbocycles. The van der Waals surface area contributed by atoms with Crippen molar-refractivity contribution >= 4 is 17.9 Å². The van der Waals surface area contributed by atoms with Crippen LogP contribution in [-0.2, 0) is 14.3 Å². The van der Waals surface area contributed by atoms with E-state index in [2.05, 4.69) is 10.6 Å². The van der Waals surface area contributed by atoms with Crippen LogP contribution in [0.4, 0.5) is 4.79 Å². The third-order valence-corrected chi connectivity index (χ3v) is 3.78. The Morgan fingerprint density at radius 3 is 2.45 bits per heavy atom. The molecule has 0 heterocycles. The Bertz CT molecular complexity index is 410. The number of rotatable bonds is 6. The van der Waals surface area contributed by atoms with Crippen LogP contribution >= 0.6 is 0 Å². The topological polar surface area (TPSA) is 131 Å². The van der Waals surface area contributed by atoms with Crippen molar-refractivity contribution in [3.8, 4) is 0 Å². The smallest absolute Gasteiger partial charge is 0.326 e. The van der Waals surface area contributed by atoms with Crippen LogP contribution in [-0.4, -0.2) is 48.3 Å². The van der Waals surface area contributed by atoms with Crippen LogP contribution in [0, 0.1) is 5.41 Å². The predicted molar refractivity (Wildman–Crippen MR) is 69.9 cm³/mol. The highest BCUT2D eigenvalue weighted by atomic mass is 16.5. The molecule has 1 fully saturated rings. The van der Waals surface area contributed by atoms with Crippen LogP contribution in [0.1, 0.15) is 26.7 Å². The number of hydrogen-bond donors (Lipinski definition) is 4. The Balaban J connectivity index is 2.51. The van der Waals surface area contributed by atoms with Crippen LogP contribution in [0.25, 0.3) is 0 Å². The summed E-state index contributed by atoms with van der Waals surface area (Å²) in [6.07, 6.45) is 0.260. The number of amides is 3. The summed E-state index contributed by atoms with van der Waals surface area (Å²) >= 11 is 0. The SMILES string of the molecule is COC1CC(NC(=O)N[C@H](CC(N)=O)C(=O)O)C1(C)C. The second-order valence-corrected chi connectivity index (χ2v) is 5.51. The van der Waals surface area contributed by atoms with Crippen molar-refractivity contribution in [2.45, 2.75) is 44.9 Å². The first-order chi connectivity index (χ1) is 9.18. The molecule has 3 amide bonds. The zero-order valence-electron chi connectivity index (χ0n) is 11.8. The number of carbonyl (C=O) groups excluding carboxylic acids is 2. The van der Waals surface area contributed by atoms with Gasteiger partial charge in [-0.15, -0.1) is 0 Å². The first-order valence-corrected chi connectivity index (χ1v) is 6.29. The molecule has 0 aromatic heterocycles. The number of hydrogen-bond acceptors (Lipinski definition) is 4. The number of ether oxygens (including phenoxy) is 1. The maximum atomic E-state index is 11.7. The second-order valence-electron chi connectivity index (χ2n) is 5.51. The van der Waals surface area contributed by atoms with Gasteiger partial charge in [0, 0.05) is 18.6 Å². The first-order valence-electron chi connectivity index (χ1n) is 6.29. The van der Waals surface area contributed by atoms with E-state index in [0.717, 1.165) is 0 Å². The lowest BCUT2D eigenvalue weighted by Gasteiger charge is -2.51. The van der Waals surface area contributed by atoms with E-state index in [9.17, 15) is 14.4 Å². The van der Waals surface area contributed by atoms with Crippen molar-refractivity contribution in [3.63, 3.8) is 0 Å². The van der Waals surface area contributed by atoms with Crippen LogP contribution < -0.4 is 16.4 Å². The summed E-state index contributed by atoms with van der Waals surface area (Å²) in [5.41, 5.74) is 4.71. The average molecular weight is 287 g/mol. The lowest BCUT2D eigenvalue weighted by atomic mass is 9.64. The molecule has 0 aromatic rings. The number of aliphatic carboxylic acids is 1. The Kier molecular flexibility index (Phi) is 4.93. The van der Waals surface area contributed by atoms with E-state index in [1.54, 1.807) is 7.11 Å². The Labute approximate surface area is 117 Å². The molecule has 0 aliphatic heterocycles. The molecule has 1 aliphatic carbocycles. The third-order valence-electron chi connectivity index (χ3n) is 3.78. The fourth-order valence-corrected chi connectivity index (χ4v) is 2.29. The molecule has 20 heavy (non-hydrogen) atoms. The molecule has 1 rings (SSSR count). The highest BCUT2D eigenvalue weighted by Crippen LogP contribution is 2.42. The summed E-state index contributed by atoms with van der Waals surface area (Å²) < 4.78 is 5.26. The van der Waals surface area contributed by atoms with Gasteiger partial charge in [-0.25, -0.2) is 9.59 Å². The molecule has 1 saturated carbocycles. The summed E-state index contributed by atoms with van der Waals surface area (Å²) in [6, 6.07) is -2.07. The molecule has 0 spiro atoms. The largest absolute Gasteiger partial charge is 0.480 e. The van der Waals surface area contributed by atoms with Crippen LogP contribution in [0.3, 0.4) is 0 Å². The maximum Gasteiger partial charge on any atom is 0.326 e. The van der Waals surface area contributed by atoms with E-state index < -0.39 is 30.4 Å². The molecule has 1 aliphatic rings. The maximum absolute atomic E-state index is 11.7. The minimum atomic E-state index is -1.33. The van der Waals surface area contributed by atoms with Crippen molar-refractivity contribution in [2.75, 3.05) is 7.11 Å². The number of primary amides is 1. The molecule has 0 saturated heterocycles. The molecule has 0 bridgehead atoms. The van der Waals surface area contributed by atoms with E-state index in [1.165, 1.54) is 0 Å². The number of nitrogens with two attached hydrogens (primary N) is 1. The third kappa shape index (κ3) is 3.60. The zero-order valence-corrected chi connectivity index (χ0v) is 11.8. The Morgan fingerprint density at radius 2 is 2.05 bits per heavy atom. The predicted octanol–water partition coefficient (Wildman–Crippen LogP) is -0.572. The molecule has 114 valence electrons. The number of carboxylic acids is 1. The summed E-state index contributed by atoms with van der Waals surface area (Å²) in [4.78, 5) is 33.4. The summed E-state index contributed by atoms with van der Waals surface area (Å²) in [7, 11) is 1.61. The highest BCUT2D eigenvalue weighted by Gasteiger charge is 2.49. The Morgan fingerprint density at radius 1 is 1.45 bits per heavy atom. The number of urea groups is 1. The van der Waals surface area contributed by atoms with E-state index >= 15 is 0 Å². The Hall–Kier alpha value is -1.83. The minimum Gasteiger partial charge on any atom is -0.480 e. The number of carboxylic acid groups (broad SMARTS) is 1. The van der Waals surface area contributed by atoms with Gasteiger partial charge in [-0.05, 0) is 6.42 Å². The van der Waals surface area contributed by atoms with Gasteiger partial charge in [0.1, 0.15) is 6.04 Å². The monoisotopic (exact) mass is 287 g/mol. The van der Waals surface area contributed by atoms with Gasteiger partial charge in [0.25, 0.3) is 0 Å². The summed E-state index contributed by atoms with van der Waals surface area (Å²) in [6.45, 7) is 3.90. The second kappa shape index (κ2) is 6.08. The molecular formula is C12H21N3O5. The molecule has 8 nitrogen and oxygen atoms in total. The van der Waals surface area contributed by atoms with Crippen molar-refractivity contribution in [1.82, 2.24) is 10.6 Å². The van der Waals surface area contributed by atoms with Crippen molar-refractivity contribution in [2.24, 2.45) is 11.1 Å². The van der Waals surface area contributed by atoms with E-state index in [4.69, 9.17) is 15.6 Å². The van der Waals surface area contributed by atoms with Gasteiger partial charge in [0.15, 0.2) is 0 Å². The molecule has 2 unspecified atom stereocenters. The standard InChI is InChI=1S/C12H21N3O5/c1-12(2)7(5-8(12)20-3)15-11(19)14-6(10(17)18)4-9(13)16/h6-8H,4-5H2,1-3H3,(H2,13,16)(H,17,18)(H2,14,15,19)/t6-,7?,8?/m1/s1. The number of carbonyl (C=O) groups is 3. The van der Waals surface area contributed by atoms with Crippen LogP contribution in [0.15, 0.2) is 0 Å². The average Bonchev–Trinajstić information content (AvgIpc) is 2.32. The lowest BCUT2D eigenvalue weighted by Crippen LogP contribution is -2.64. The summed E-state index contributed by atoms with van der Waals surface area (Å²) in [5, 5.41) is 13.8. The van der Waals surface area contributed by atoms with E-state index in [-0.39, 0.29) is 17.6 Å². The quantitative estimate of drug-likeness (QED) is 0.519. The number of methoxy groups -OCH3 is 1.